The summed E-state index contributed by atoms with van der Waals surface area (Å²) in [6, 6.07) is -0.620. The highest BCUT2D eigenvalue weighted by atomic mass is 16.3. The Morgan fingerprint density at radius 2 is 0.507 bits per heavy atom. The molecule has 0 aliphatic carbocycles. The summed E-state index contributed by atoms with van der Waals surface area (Å²) in [4.78, 5) is 12.5. The van der Waals surface area contributed by atoms with E-state index in [-0.39, 0.29) is 12.5 Å². The fourth-order valence-corrected chi connectivity index (χ4v) is 11.3. The van der Waals surface area contributed by atoms with E-state index >= 15 is 0 Å². The van der Waals surface area contributed by atoms with E-state index in [9.17, 15) is 15.0 Å². The highest BCUT2D eigenvalue weighted by molar-refractivity contribution is 5.76. The molecule has 3 N–H and O–H groups in total. The molecule has 0 heterocycles. The van der Waals surface area contributed by atoms with Gasteiger partial charge in [0.25, 0.3) is 0 Å². The van der Waals surface area contributed by atoms with Crippen molar-refractivity contribution in [3.05, 3.63) is 12.2 Å². The molecule has 0 aliphatic rings. The van der Waals surface area contributed by atoms with Gasteiger partial charge >= 0.3 is 0 Å². The zero-order valence-electron chi connectivity index (χ0n) is 50.5. The summed E-state index contributed by atoms with van der Waals surface area (Å²) in [5.41, 5.74) is 0. The average Bonchev–Trinajstić information content (AvgIpc) is 3.40. The molecule has 2 atom stereocenters. The van der Waals surface area contributed by atoms with Crippen LogP contribution in [0.4, 0.5) is 0 Å². The van der Waals surface area contributed by atoms with Gasteiger partial charge in [-0.25, -0.2) is 0 Å². The molecule has 0 aromatic rings. The van der Waals surface area contributed by atoms with E-state index in [1.807, 2.05) is 6.08 Å². The zero-order valence-corrected chi connectivity index (χ0v) is 50.5. The molecule has 0 aromatic carbocycles. The number of amides is 1. The van der Waals surface area contributed by atoms with Crippen LogP contribution in [0.25, 0.3) is 0 Å². The fraction of sp³-hybridized carbons (Fsp3) is 0.957. The van der Waals surface area contributed by atoms with Crippen molar-refractivity contribution in [1.29, 1.82) is 0 Å². The third kappa shape index (κ3) is 61.9. The highest BCUT2D eigenvalue weighted by Crippen LogP contribution is 2.20. The van der Waals surface area contributed by atoms with Crippen LogP contribution >= 0.6 is 0 Å². The van der Waals surface area contributed by atoms with Gasteiger partial charge in [0.2, 0.25) is 5.91 Å². The first-order chi connectivity index (χ1) is 36.2. The van der Waals surface area contributed by atoms with Crippen LogP contribution in [0.15, 0.2) is 12.2 Å². The third-order valence-electron chi connectivity index (χ3n) is 16.5. The zero-order chi connectivity index (χ0) is 52.7. The van der Waals surface area contributed by atoms with Gasteiger partial charge in [0.1, 0.15) is 0 Å². The number of nitrogens with one attached hydrogen (secondary N) is 1. The van der Waals surface area contributed by atoms with Gasteiger partial charge in [-0.3, -0.25) is 4.79 Å². The second-order valence-corrected chi connectivity index (χ2v) is 24.0. The Balaban J connectivity index is 3.39. The number of aliphatic hydroxyl groups is 2. The molecule has 0 saturated carbocycles. The van der Waals surface area contributed by atoms with Crippen molar-refractivity contribution in [3.63, 3.8) is 0 Å². The number of rotatable bonds is 65. The largest absolute Gasteiger partial charge is 0.394 e. The molecule has 4 heteroatoms. The van der Waals surface area contributed by atoms with Gasteiger partial charge in [-0.15, -0.1) is 0 Å². The minimum atomic E-state index is -0.837. The number of hydrogen-bond donors (Lipinski definition) is 3. The molecule has 0 fully saturated rings. The third-order valence-corrected chi connectivity index (χ3v) is 16.5. The number of carbonyl (C=O) groups is 1. The molecular weight excluding hydrogens is 891 g/mol. The summed E-state index contributed by atoms with van der Waals surface area (Å²) in [6.45, 7) is 4.37. The van der Waals surface area contributed by atoms with Gasteiger partial charge in [-0.05, 0) is 19.3 Å². The SMILES string of the molecule is CCCCCCCCCCCCCCCCCCCCCCCCCCC/C=C/C(O)C(CO)NC(=O)CCCCCCCCCCCCCCCCCCCCCCCCCCCCCCCCCCCC. The van der Waals surface area contributed by atoms with E-state index < -0.39 is 12.1 Å². The van der Waals surface area contributed by atoms with Gasteiger partial charge in [0.15, 0.2) is 0 Å². The molecule has 0 bridgehead atoms. The van der Waals surface area contributed by atoms with E-state index in [2.05, 4.69) is 19.2 Å². The highest BCUT2D eigenvalue weighted by Gasteiger charge is 2.18. The van der Waals surface area contributed by atoms with Crippen molar-refractivity contribution >= 4 is 5.91 Å². The standard InChI is InChI=1S/C69H137NO3/c1-3-5-7-9-11-13-15-17-19-21-23-25-27-29-31-32-33-34-35-36-37-39-41-43-45-47-49-51-53-55-57-59-61-63-65-69(73)70-67(66-71)68(72)64-62-60-58-56-54-52-50-48-46-44-42-40-38-30-28-26-24-22-20-18-16-14-12-10-8-6-4-2/h62,64,67-68,71-72H,3-61,63,65-66H2,1-2H3,(H,70,73)/b64-62+. The van der Waals surface area contributed by atoms with Crippen LogP contribution in [0.1, 0.15) is 406 Å². The Morgan fingerprint density at radius 3 is 0.712 bits per heavy atom. The predicted molar refractivity (Wildman–Crippen MR) is 327 cm³/mol. The maximum absolute atomic E-state index is 12.5. The molecule has 0 aliphatic heterocycles. The molecule has 4 nitrogen and oxygen atoms in total. The molecule has 0 radical (unpaired) electrons. The lowest BCUT2D eigenvalue weighted by atomic mass is 10.0. The average molecular weight is 1030 g/mol. The van der Waals surface area contributed by atoms with Crippen LogP contribution in [-0.4, -0.2) is 34.9 Å². The molecule has 0 rings (SSSR count). The number of allylic oxidation sites excluding steroid dienone is 1. The van der Waals surface area contributed by atoms with Gasteiger partial charge in [-0.1, -0.05) is 392 Å². The lowest BCUT2D eigenvalue weighted by Gasteiger charge is -2.20. The van der Waals surface area contributed by atoms with Crippen molar-refractivity contribution < 1.29 is 15.0 Å². The van der Waals surface area contributed by atoms with Crippen LogP contribution < -0.4 is 5.32 Å². The number of carbonyl (C=O) groups excluding carboxylic acids is 1. The lowest BCUT2D eigenvalue weighted by Crippen LogP contribution is -2.45. The summed E-state index contributed by atoms with van der Waals surface area (Å²) >= 11 is 0. The van der Waals surface area contributed by atoms with Crippen LogP contribution in [0.2, 0.25) is 0 Å². The second-order valence-electron chi connectivity index (χ2n) is 24.0. The lowest BCUT2D eigenvalue weighted by molar-refractivity contribution is -0.123. The maximum Gasteiger partial charge on any atom is 0.220 e. The Labute approximate surface area is 460 Å². The smallest absolute Gasteiger partial charge is 0.220 e. The summed E-state index contributed by atoms with van der Waals surface area (Å²) in [5.74, 6) is -0.0531. The molecule has 73 heavy (non-hydrogen) atoms. The van der Waals surface area contributed by atoms with Crippen molar-refractivity contribution in [2.75, 3.05) is 6.61 Å². The summed E-state index contributed by atoms with van der Waals surface area (Å²) in [6.07, 6.45) is 87.3. The van der Waals surface area contributed by atoms with E-state index in [0.29, 0.717) is 6.42 Å². The molecule has 436 valence electrons. The second kappa shape index (κ2) is 65.4. The van der Waals surface area contributed by atoms with Crippen molar-refractivity contribution in [1.82, 2.24) is 5.32 Å². The van der Waals surface area contributed by atoms with Crippen LogP contribution in [0.5, 0.6) is 0 Å². The first kappa shape index (κ1) is 72.1. The topological polar surface area (TPSA) is 69.6 Å². The quantitative estimate of drug-likeness (QED) is 0.0420. The summed E-state index contributed by atoms with van der Waals surface area (Å²) < 4.78 is 0. The monoisotopic (exact) mass is 1030 g/mol. The maximum atomic E-state index is 12.5. The minimum Gasteiger partial charge on any atom is -0.394 e. The van der Waals surface area contributed by atoms with E-state index in [1.165, 1.54) is 360 Å². The predicted octanol–water partition coefficient (Wildman–Crippen LogP) is 23.2. The van der Waals surface area contributed by atoms with E-state index in [0.717, 1.165) is 25.7 Å². The molecule has 0 aromatic heterocycles. The molecule has 0 saturated heterocycles. The van der Waals surface area contributed by atoms with Crippen molar-refractivity contribution in [2.24, 2.45) is 0 Å². The minimum absolute atomic E-state index is 0.0531. The Morgan fingerprint density at radius 1 is 0.315 bits per heavy atom. The number of aliphatic hydroxyl groups excluding tert-OH is 2. The summed E-state index contributed by atoms with van der Waals surface area (Å²) in [5, 5.41) is 23.3. The van der Waals surface area contributed by atoms with Crippen molar-refractivity contribution in [2.45, 2.75) is 418 Å². The van der Waals surface area contributed by atoms with Gasteiger partial charge < -0.3 is 15.5 Å². The fourth-order valence-electron chi connectivity index (χ4n) is 11.3. The van der Waals surface area contributed by atoms with Crippen LogP contribution in [0, 0.1) is 0 Å². The Bertz CT molecular complexity index is 1030. The number of unbranched alkanes of at least 4 members (excludes halogenated alkanes) is 58. The Hall–Kier alpha value is -0.870. The normalized spacial score (nSPS) is 12.7. The van der Waals surface area contributed by atoms with E-state index in [4.69, 9.17) is 0 Å². The van der Waals surface area contributed by atoms with Gasteiger partial charge in [0, 0.05) is 6.42 Å². The molecular formula is C69H137NO3. The molecule has 1 amide bonds. The van der Waals surface area contributed by atoms with Crippen LogP contribution in [-0.2, 0) is 4.79 Å². The molecule has 0 spiro atoms. The Kier molecular flexibility index (Phi) is 64.6. The van der Waals surface area contributed by atoms with Crippen LogP contribution in [0.3, 0.4) is 0 Å². The molecule has 2 unspecified atom stereocenters. The van der Waals surface area contributed by atoms with Crippen molar-refractivity contribution in [3.8, 4) is 0 Å². The van der Waals surface area contributed by atoms with Gasteiger partial charge in [-0.2, -0.15) is 0 Å². The van der Waals surface area contributed by atoms with E-state index in [1.54, 1.807) is 6.08 Å². The summed E-state index contributed by atoms with van der Waals surface area (Å²) in [7, 11) is 0. The van der Waals surface area contributed by atoms with Gasteiger partial charge in [0.05, 0.1) is 18.8 Å². The first-order valence-electron chi connectivity index (χ1n) is 34.4. The first-order valence-corrected chi connectivity index (χ1v) is 34.4. The number of hydrogen-bond acceptors (Lipinski definition) is 3.